The second-order valence-corrected chi connectivity index (χ2v) is 6.92. The summed E-state index contributed by atoms with van der Waals surface area (Å²) in [4.78, 5) is 19.6. The molecule has 0 bridgehead atoms. The molecule has 6 heteroatoms. The zero-order chi connectivity index (χ0) is 14.7. The molecule has 0 aliphatic carbocycles. The van der Waals surface area contributed by atoms with E-state index in [9.17, 15) is 4.79 Å². The molecule has 0 N–H and O–H groups in total. The van der Waals surface area contributed by atoms with Crippen LogP contribution in [-0.4, -0.2) is 29.8 Å². The molecule has 2 aromatic rings. The lowest BCUT2D eigenvalue weighted by molar-refractivity contribution is 0.101. The predicted molar refractivity (Wildman–Crippen MR) is 92.2 cm³/mol. The highest BCUT2D eigenvalue weighted by Crippen LogP contribution is 2.25. The minimum absolute atomic E-state index is 0.107. The first-order valence-electron chi connectivity index (χ1n) is 6.51. The van der Waals surface area contributed by atoms with Gasteiger partial charge in [0.05, 0.1) is 18.0 Å². The Kier molecular flexibility index (Phi) is 4.63. The molecule has 21 heavy (non-hydrogen) atoms. The van der Waals surface area contributed by atoms with Crippen LogP contribution in [0.15, 0.2) is 46.8 Å². The van der Waals surface area contributed by atoms with Gasteiger partial charge in [0.25, 0.3) is 0 Å². The topological polar surface area (TPSA) is 32.7 Å². The smallest absolute Gasteiger partial charge is 0.192 e. The first-order valence-corrected chi connectivity index (χ1v) is 8.75. The van der Waals surface area contributed by atoms with Crippen LogP contribution >= 0.6 is 34.7 Å². The largest absolute Gasteiger partial charge is 0.313 e. The van der Waals surface area contributed by atoms with Crippen LogP contribution in [0, 0.1) is 0 Å². The highest BCUT2D eigenvalue weighted by Gasteiger charge is 2.21. The third-order valence-corrected chi connectivity index (χ3v) is 5.19. The number of carbonyl (C=O) groups is 1. The Bertz CT molecular complexity index is 653. The van der Waals surface area contributed by atoms with Crippen molar-refractivity contribution in [2.75, 3.05) is 23.7 Å². The van der Waals surface area contributed by atoms with Gasteiger partial charge in [0, 0.05) is 16.5 Å². The summed E-state index contributed by atoms with van der Waals surface area (Å²) in [5.41, 5.74) is 0.942. The van der Waals surface area contributed by atoms with Crippen LogP contribution in [0.3, 0.4) is 0 Å². The van der Waals surface area contributed by atoms with Crippen molar-refractivity contribution < 1.29 is 4.79 Å². The summed E-state index contributed by atoms with van der Waals surface area (Å²) in [6.45, 7) is 1.10. The van der Waals surface area contributed by atoms with E-state index in [0.29, 0.717) is 11.6 Å². The van der Waals surface area contributed by atoms with Gasteiger partial charge in [-0.2, -0.15) is 0 Å². The molecule has 3 rings (SSSR count). The zero-order valence-corrected chi connectivity index (χ0v) is 13.5. The minimum Gasteiger partial charge on any atom is -0.313 e. The molecule has 1 aliphatic rings. The quantitative estimate of drug-likeness (QED) is 0.785. The van der Waals surface area contributed by atoms with Gasteiger partial charge < -0.3 is 4.90 Å². The lowest BCUT2D eigenvalue weighted by Gasteiger charge is -2.23. The molecule has 0 saturated carbocycles. The van der Waals surface area contributed by atoms with Crippen LogP contribution in [0.5, 0.6) is 0 Å². The highest BCUT2D eigenvalue weighted by atomic mass is 35.5. The number of amidine groups is 1. The van der Waals surface area contributed by atoms with Crippen molar-refractivity contribution in [3.63, 3.8) is 0 Å². The maximum absolute atomic E-state index is 12.4. The van der Waals surface area contributed by atoms with Gasteiger partial charge in [-0.3, -0.25) is 9.79 Å². The first kappa shape index (κ1) is 14.6. The summed E-state index contributed by atoms with van der Waals surface area (Å²) in [5.74, 6) is 1.07. The van der Waals surface area contributed by atoms with Gasteiger partial charge in [0.15, 0.2) is 11.0 Å². The summed E-state index contributed by atoms with van der Waals surface area (Å²) >= 11 is 9.10. The molecule has 0 atom stereocenters. The second-order valence-electron chi connectivity index (χ2n) is 4.48. The van der Waals surface area contributed by atoms with E-state index < -0.39 is 0 Å². The molecule has 108 valence electrons. The molecule has 0 unspecified atom stereocenters. The first-order chi connectivity index (χ1) is 10.2. The number of thioether (sulfide) groups is 1. The van der Waals surface area contributed by atoms with Crippen LogP contribution in [0.2, 0.25) is 5.02 Å². The van der Waals surface area contributed by atoms with Gasteiger partial charge in [-0.1, -0.05) is 29.4 Å². The van der Waals surface area contributed by atoms with E-state index in [2.05, 4.69) is 4.99 Å². The van der Waals surface area contributed by atoms with E-state index in [1.54, 1.807) is 11.8 Å². The van der Waals surface area contributed by atoms with E-state index in [1.165, 1.54) is 11.3 Å². The molecule has 1 aromatic heterocycles. The van der Waals surface area contributed by atoms with Crippen LogP contribution in [-0.2, 0) is 0 Å². The summed E-state index contributed by atoms with van der Waals surface area (Å²) in [6, 6.07) is 11.3. The summed E-state index contributed by atoms with van der Waals surface area (Å²) < 4.78 is 0. The van der Waals surface area contributed by atoms with Gasteiger partial charge in [-0.25, -0.2) is 0 Å². The molecule has 2 heterocycles. The fourth-order valence-corrected chi connectivity index (χ4v) is 3.69. The Hall–Kier alpha value is -1.30. The molecule has 1 aromatic carbocycles. The molecule has 0 amide bonds. The number of carbonyl (C=O) groups excluding carboxylic acids is 1. The normalized spacial score (nSPS) is 14.0. The maximum atomic E-state index is 12.4. The third-order valence-electron chi connectivity index (χ3n) is 3.04. The number of ketones is 1. The number of anilines is 1. The number of halogens is 1. The van der Waals surface area contributed by atoms with Gasteiger partial charge in [0.2, 0.25) is 0 Å². The number of Topliss-reactive ketones (excluding diaryl/α,β-unsaturated/α-hetero) is 1. The Morgan fingerprint density at radius 2 is 2.10 bits per heavy atom. The maximum Gasteiger partial charge on any atom is 0.192 e. The van der Waals surface area contributed by atoms with Crippen molar-refractivity contribution >= 4 is 51.3 Å². The molecule has 0 saturated heterocycles. The molecule has 0 radical (unpaired) electrons. The van der Waals surface area contributed by atoms with Crippen LogP contribution in [0.4, 0.5) is 5.69 Å². The van der Waals surface area contributed by atoms with Crippen molar-refractivity contribution in [2.45, 2.75) is 0 Å². The minimum atomic E-state index is 0.107. The summed E-state index contributed by atoms with van der Waals surface area (Å²) in [5, 5.41) is 3.51. The van der Waals surface area contributed by atoms with Gasteiger partial charge >= 0.3 is 0 Å². The number of hydrogen-bond donors (Lipinski definition) is 0. The SMILES string of the molecule is O=C(CN(C1=NCCS1)c1ccc(Cl)cc1)c1cccs1. The Balaban J connectivity index is 1.86. The van der Waals surface area contributed by atoms with Crippen molar-refractivity contribution in [1.29, 1.82) is 0 Å². The van der Waals surface area contributed by atoms with E-state index in [-0.39, 0.29) is 5.78 Å². The average Bonchev–Trinajstić information content (AvgIpc) is 3.19. The number of thiophene rings is 1. The Morgan fingerprint density at radius 1 is 1.29 bits per heavy atom. The van der Waals surface area contributed by atoms with Gasteiger partial charge in [0.1, 0.15) is 0 Å². The Morgan fingerprint density at radius 3 is 2.71 bits per heavy atom. The number of nitrogens with zero attached hydrogens (tertiary/aromatic N) is 2. The zero-order valence-electron chi connectivity index (χ0n) is 11.2. The lowest BCUT2D eigenvalue weighted by Crippen LogP contribution is -2.33. The molecule has 0 fully saturated rings. The lowest BCUT2D eigenvalue weighted by atomic mass is 10.2. The van der Waals surface area contributed by atoms with E-state index in [4.69, 9.17) is 11.6 Å². The van der Waals surface area contributed by atoms with E-state index in [1.807, 2.05) is 46.7 Å². The van der Waals surface area contributed by atoms with E-state index >= 15 is 0 Å². The average molecular weight is 337 g/mol. The predicted octanol–water partition coefficient (Wildman–Crippen LogP) is 4.19. The molecular weight excluding hydrogens is 324 g/mol. The van der Waals surface area contributed by atoms with Crippen molar-refractivity contribution in [2.24, 2.45) is 4.99 Å². The van der Waals surface area contributed by atoms with Crippen molar-refractivity contribution in [3.05, 3.63) is 51.7 Å². The van der Waals surface area contributed by atoms with Gasteiger partial charge in [-0.05, 0) is 35.7 Å². The van der Waals surface area contributed by atoms with Crippen molar-refractivity contribution in [3.8, 4) is 0 Å². The summed E-state index contributed by atoms with van der Waals surface area (Å²) in [7, 11) is 0. The highest BCUT2D eigenvalue weighted by molar-refractivity contribution is 8.14. The Labute approximate surface area is 136 Å². The molecular formula is C15H13ClN2OS2. The van der Waals surface area contributed by atoms with Crippen LogP contribution < -0.4 is 4.90 Å². The molecule has 3 nitrogen and oxygen atoms in total. The monoisotopic (exact) mass is 336 g/mol. The molecule has 1 aliphatic heterocycles. The second kappa shape index (κ2) is 6.64. The summed E-state index contributed by atoms with van der Waals surface area (Å²) in [6.07, 6.45) is 0. The number of aliphatic imine (C=N–C) groups is 1. The number of rotatable bonds is 4. The van der Waals surface area contributed by atoms with Gasteiger partial charge in [-0.15, -0.1) is 11.3 Å². The standard InChI is InChI=1S/C15H13ClN2OS2/c16-11-3-5-12(6-4-11)18(15-17-7-9-21-15)10-13(19)14-2-1-8-20-14/h1-6,8H,7,9-10H2. The fraction of sp³-hybridized carbons (Fsp3) is 0.200. The number of hydrogen-bond acceptors (Lipinski definition) is 5. The fourth-order valence-electron chi connectivity index (χ4n) is 2.04. The van der Waals surface area contributed by atoms with E-state index in [0.717, 1.165) is 28.0 Å². The van der Waals surface area contributed by atoms with Crippen molar-refractivity contribution in [1.82, 2.24) is 0 Å². The third kappa shape index (κ3) is 3.48. The number of benzene rings is 1. The molecule has 0 spiro atoms. The van der Waals surface area contributed by atoms with Crippen LogP contribution in [0.1, 0.15) is 9.67 Å². The van der Waals surface area contributed by atoms with Crippen LogP contribution in [0.25, 0.3) is 0 Å².